The van der Waals surface area contributed by atoms with Crippen LogP contribution in [0.4, 0.5) is 5.69 Å². The Morgan fingerprint density at radius 3 is 2.43 bits per heavy atom. The van der Waals surface area contributed by atoms with Gasteiger partial charge in [0.25, 0.3) is 15.9 Å². The number of nitrogens with one attached hydrogen (secondary N) is 1. The van der Waals surface area contributed by atoms with Crippen LogP contribution in [0.3, 0.4) is 0 Å². The Labute approximate surface area is 217 Å². The molecule has 0 heterocycles. The predicted octanol–water partition coefficient (Wildman–Crippen LogP) is 4.00. The van der Waals surface area contributed by atoms with Gasteiger partial charge in [-0.25, -0.2) is 13.8 Å². The number of ether oxygens (including phenoxy) is 3. The number of sulfonamides is 1. The van der Waals surface area contributed by atoms with Gasteiger partial charge in [0.1, 0.15) is 18.9 Å². The third kappa shape index (κ3) is 7.11. The minimum atomic E-state index is -4.09. The molecule has 1 amide bonds. The van der Waals surface area contributed by atoms with E-state index in [9.17, 15) is 13.2 Å². The average molecular weight is 524 g/mol. The second kappa shape index (κ2) is 13.1. The van der Waals surface area contributed by atoms with Crippen molar-refractivity contribution >= 4 is 27.8 Å². The molecule has 0 spiro atoms. The van der Waals surface area contributed by atoms with Crippen LogP contribution in [0.5, 0.6) is 17.2 Å². The Bertz CT molecular complexity index is 1340. The second-order valence-corrected chi connectivity index (χ2v) is 9.39. The van der Waals surface area contributed by atoms with Gasteiger partial charge >= 0.3 is 0 Å². The van der Waals surface area contributed by atoms with Crippen molar-refractivity contribution < 1.29 is 27.4 Å². The van der Waals surface area contributed by atoms with Gasteiger partial charge in [0.05, 0.1) is 30.5 Å². The molecule has 9 nitrogen and oxygen atoms in total. The van der Waals surface area contributed by atoms with Crippen molar-refractivity contribution in [2.24, 2.45) is 5.10 Å². The van der Waals surface area contributed by atoms with Crippen LogP contribution < -0.4 is 23.9 Å². The van der Waals surface area contributed by atoms with E-state index in [4.69, 9.17) is 14.2 Å². The SMILES string of the molecule is C=CCOc1ccc(/C=N/NC(=O)CN(c2ccccc2OCC)S(=O)(=O)c2ccccc2)cc1OC. The van der Waals surface area contributed by atoms with E-state index in [1.54, 1.807) is 73.7 Å². The molecule has 1 N–H and O–H groups in total. The number of hydrazone groups is 1. The molecule has 0 atom stereocenters. The Balaban J connectivity index is 1.82. The van der Waals surface area contributed by atoms with E-state index in [1.807, 2.05) is 0 Å². The third-order valence-electron chi connectivity index (χ3n) is 5.00. The number of para-hydroxylation sites is 2. The topological polar surface area (TPSA) is 107 Å². The van der Waals surface area contributed by atoms with Gasteiger partial charge in [0, 0.05) is 0 Å². The molecule has 0 bridgehead atoms. The largest absolute Gasteiger partial charge is 0.493 e. The number of carbonyl (C=O) groups excluding carboxylic acids is 1. The van der Waals surface area contributed by atoms with Crippen LogP contribution >= 0.6 is 0 Å². The summed E-state index contributed by atoms with van der Waals surface area (Å²) < 4.78 is 44.5. The number of hydrogen-bond acceptors (Lipinski definition) is 7. The van der Waals surface area contributed by atoms with Crippen LogP contribution in [-0.4, -0.2) is 47.4 Å². The molecule has 0 aliphatic heterocycles. The van der Waals surface area contributed by atoms with Gasteiger partial charge in [0.15, 0.2) is 11.5 Å². The first-order valence-corrected chi connectivity index (χ1v) is 12.9. The number of anilines is 1. The third-order valence-corrected chi connectivity index (χ3v) is 6.77. The second-order valence-electron chi connectivity index (χ2n) is 7.53. The fraction of sp³-hybridized carbons (Fsp3) is 0.185. The zero-order chi connectivity index (χ0) is 26.7. The van der Waals surface area contributed by atoms with Crippen LogP contribution in [0.15, 0.2) is 95.4 Å². The summed E-state index contributed by atoms with van der Waals surface area (Å²) in [5.41, 5.74) is 3.27. The van der Waals surface area contributed by atoms with Gasteiger partial charge in [-0.2, -0.15) is 5.10 Å². The molecule has 0 aromatic heterocycles. The summed E-state index contributed by atoms with van der Waals surface area (Å²) in [7, 11) is -2.57. The number of hydrogen-bond donors (Lipinski definition) is 1. The monoisotopic (exact) mass is 523 g/mol. The van der Waals surface area contributed by atoms with Gasteiger partial charge in [-0.05, 0) is 55.0 Å². The Kier molecular flexibility index (Phi) is 9.68. The molecule has 194 valence electrons. The summed E-state index contributed by atoms with van der Waals surface area (Å²) in [5, 5.41) is 3.98. The molecule has 0 fully saturated rings. The summed E-state index contributed by atoms with van der Waals surface area (Å²) in [6, 6.07) is 19.7. The molecule has 37 heavy (non-hydrogen) atoms. The quantitative estimate of drug-likeness (QED) is 0.206. The predicted molar refractivity (Wildman–Crippen MR) is 143 cm³/mol. The maximum atomic E-state index is 13.5. The van der Waals surface area contributed by atoms with E-state index < -0.39 is 22.5 Å². The lowest BCUT2D eigenvalue weighted by Gasteiger charge is -2.25. The average Bonchev–Trinajstić information content (AvgIpc) is 2.92. The summed E-state index contributed by atoms with van der Waals surface area (Å²) in [6.07, 6.45) is 3.04. The van der Waals surface area contributed by atoms with Crippen molar-refractivity contribution in [2.75, 3.05) is 31.2 Å². The molecule has 10 heteroatoms. The summed E-state index contributed by atoms with van der Waals surface area (Å²) >= 11 is 0. The number of rotatable bonds is 13. The summed E-state index contributed by atoms with van der Waals surface area (Å²) in [4.78, 5) is 12.9. The minimum Gasteiger partial charge on any atom is -0.493 e. The molecule has 3 rings (SSSR count). The van der Waals surface area contributed by atoms with Crippen LogP contribution in [0.1, 0.15) is 12.5 Å². The highest BCUT2D eigenvalue weighted by molar-refractivity contribution is 7.92. The Morgan fingerprint density at radius 1 is 1.00 bits per heavy atom. The zero-order valence-corrected chi connectivity index (χ0v) is 21.5. The Hall–Kier alpha value is -4.31. The lowest BCUT2D eigenvalue weighted by Crippen LogP contribution is -2.39. The van der Waals surface area contributed by atoms with E-state index >= 15 is 0 Å². The van der Waals surface area contributed by atoms with Gasteiger partial charge in [-0.3, -0.25) is 9.10 Å². The van der Waals surface area contributed by atoms with Crippen molar-refractivity contribution in [3.05, 3.63) is 91.0 Å². The molecule has 0 saturated heterocycles. The number of carbonyl (C=O) groups is 1. The van der Waals surface area contributed by atoms with Crippen LogP contribution in [0.2, 0.25) is 0 Å². The van der Waals surface area contributed by atoms with Crippen molar-refractivity contribution in [1.82, 2.24) is 5.43 Å². The number of amides is 1. The fourth-order valence-electron chi connectivity index (χ4n) is 3.34. The Morgan fingerprint density at radius 2 is 1.73 bits per heavy atom. The van der Waals surface area contributed by atoms with Crippen LogP contribution in [0.25, 0.3) is 0 Å². The number of nitrogens with zero attached hydrogens (tertiary/aromatic N) is 2. The summed E-state index contributed by atoms with van der Waals surface area (Å²) in [5.74, 6) is 0.731. The first kappa shape index (κ1) is 27.3. The molecule has 0 radical (unpaired) electrons. The highest BCUT2D eigenvalue weighted by Crippen LogP contribution is 2.32. The van der Waals surface area contributed by atoms with Crippen molar-refractivity contribution in [2.45, 2.75) is 11.8 Å². The minimum absolute atomic E-state index is 0.0449. The van der Waals surface area contributed by atoms with Crippen molar-refractivity contribution in [3.8, 4) is 17.2 Å². The van der Waals surface area contributed by atoms with E-state index in [-0.39, 0.29) is 10.6 Å². The maximum absolute atomic E-state index is 13.5. The normalized spacial score (nSPS) is 11.1. The first-order chi connectivity index (χ1) is 17.9. The summed E-state index contributed by atoms with van der Waals surface area (Å²) in [6.45, 7) is 5.55. The molecule has 3 aromatic rings. The van der Waals surface area contributed by atoms with Gasteiger partial charge < -0.3 is 14.2 Å². The smallest absolute Gasteiger partial charge is 0.264 e. The van der Waals surface area contributed by atoms with E-state index in [1.165, 1.54) is 25.5 Å². The number of methoxy groups -OCH3 is 1. The first-order valence-electron chi connectivity index (χ1n) is 11.4. The van der Waals surface area contributed by atoms with Crippen LogP contribution in [-0.2, 0) is 14.8 Å². The van der Waals surface area contributed by atoms with Gasteiger partial charge in [-0.1, -0.05) is 43.0 Å². The maximum Gasteiger partial charge on any atom is 0.264 e. The van der Waals surface area contributed by atoms with E-state index in [0.717, 1.165) is 4.31 Å². The highest BCUT2D eigenvalue weighted by atomic mass is 32.2. The van der Waals surface area contributed by atoms with Crippen molar-refractivity contribution in [3.63, 3.8) is 0 Å². The van der Waals surface area contributed by atoms with Gasteiger partial charge in [0.2, 0.25) is 0 Å². The molecular formula is C27H29N3O6S. The lowest BCUT2D eigenvalue weighted by molar-refractivity contribution is -0.119. The fourth-order valence-corrected chi connectivity index (χ4v) is 4.79. The highest BCUT2D eigenvalue weighted by Gasteiger charge is 2.29. The lowest BCUT2D eigenvalue weighted by atomic mass is 10.2. The van der Waals surface area contributed by atoms with E-state index in [0.29, 0.717) is 36.0 Å². The van der Waals surface area contributed by atoms with E-state index in [2.05, 4.69) is 17.1 Å². The molecular weight excluding hydrogens is 494 g/mol. The molecule has 0 aliphatic rings. The standard InChI is InChI=1S/C27H29N3O6S/c1-4-17-36-25-16-15-21(18-26(25)34-3)19-28-29-27(31)20-30(23-13-9-10-14-24(23)35-5-2)37(32,33)22-11-7-6-8-12-22/h4,6-16,18-19H,1,5,17,20H2,2-3H3,(H,29,31)/b28-19+. The molecule has 0 aliphatic carbocycles. The zero-order valence-electron chi connectivity index (χ0n) is 20.7. The molecule has 0 unspecified atom stereocenters. The van der Waals surface area contributed by atoms with Crippen molar-refractivity contribution in [1.29, 1.82) is 0 Å². The van der Waals surface area contributed by atoms with Gasteiger partial charge in [-0.15, -0.1) is 0 Å². The van der Waals surface area contributed by atoms with Crippen LogP contribution in [0, 0.1) is 0 Å². The molecule has 0 saturated carbocycles. The number of benzene rings is 3. The molecule has 3 aromatic carbocycles.